The molecule has 0 aliphatic carbocycles. The minimum Gasteiger partial charge on any atom is -0.285 e. The Morgan fingerprint density at radius 2 is 1.30 bits per heavy atom. The molecule has 0 saturated carbocycles. The molecule has 0 fully saturated rings. The fourth-order valence-corrected chi connectivity index (χ4v) is 4.19. The number of aryl methyl sites for hydroxylation is 2. The van der Waals surface area contributed by atoms with Gasteiger partial charge in [0.15, 0.2) is 0 Å². The van der Waals surface area contributed by atoms with Crippen molar-refractivity contribution in [1.29, 1.82) is 0 Å². The van der Waals surface area contributed by atoms with Gasteiger partial charge in [0.25, 0.3) is 10.1 Å². The van der Waals surface area contributed by atoms with E-state index in [1.165, 1.54) is 0 Å². The van der Waals surface area contributed by atoms with Crippen molar-refractivity contribution in [1.82, 2.24) is 0 Å². The first-order chi connectivity index (χ1) is 10.8. The average Bonchev–Trinajstić information content (AvgIpc) is 2.48. The number of rotatable bonds is 6. The van der Waals surface area contributed by atoms with Gasteiger partial charge in [-0.05, 0) is 31.4 Å². The van der Waals surface area contributed by atoms with Gasteiger partial charge in [-0.1, -0.05) is 73.0 Å². The Bertz CT molecular complexity index is 731. The van der Waals surface area contributed by atoms with E-state index in [0.717, 1.165) is 23.1 Å². The molecule has 2 rings (SSSR count). The zero-order valence-corrected chi connectivity index (χ0v) is 14.7. The molecule has 2 atom stereocenters. The fraction of sp³-hybridized carbons (Fsp3) is 0.368. The fourth-order valence-electron chi connectivity index (χ4n) is 2.99. The van der Waals surface area contributed by atoms with Gasteiger partial charge in [0.05, 0.1) is 0 Å². The molecule has 0 aliphatic heterocycles. The molecule has 0 aromatic heterocycles. The maximum absolute atomic E-state index is 12.1. The van der Waals surface area contributed by atoms with E-state index in [1.807, 2.05) is 57.2 Å². The third-order valence-electron chi connectivity index (χ3n) is 4.20. The van der Waals surface area contributed by atoms with Crippen LogP contribution in [0, 0.1) is 13.8 Å². The highest BCUT2D eigenvalue weighted by Crippen LogP contribution is 2.40. The van der Waals surface area contributed by atoms with Crippen molar-refractivity contribution < 1.29 is 13.0 Å². The first-order valence-electron chi connectivity index (χ1n) is 7.92. The summed E-state index contributed by atoms with van der Waals surface area (Å²) in [5.74, 6) is -0.265. The zero-order chi connectivity index (χ0) is 17.0. The van der Waals surface area contributed by atoms with Crippen LogP contribution in [0.4, 0.5) is 0 Å². The first-order valence-corrected chi connectivity index (χ1v) is 9.42. The van der Waals surface area contributed by atoms with Gasteiger partial charge < -0.3 is 0 Å². The van der Waals surface area contributed by atoms with Gasteiger partial charge in [-0.15, -0.1) is 0 Å². The van der Waals surface area contributed by atoms with Crippen molar-refractivity contribution in [3.8, 4) is 0 Å². The molecular weight excluding hydrogens is 308 g/mol. The monoisotopic (exact) mass is 332 g/mol. The van der Waals surface area contributed by atoms with Crippen LogP contribution in [-0.4, -0.2) is 13.0 Å². The summed E-state index contributed by atoms with van der Waals surface area (Å²) in [5, 5.41) is -0.939. The topological polar surface area (TPSA) is 54.4 Å². The van der Waals surface area contributed by atoms with Crippen molar-refractivity contribution in [2.75, 3.05) is 0 Å². The van der Waals surface area contributed by atoms with Gasteiger partial charge in [0.2, 0.25) is 0 Å². The van der Waals surface area contributed by atoms with E-state index in [1.54, 1.807) is 12.1 Å². The summed E-state index contributed by atoms with van der Waals surface area (Å²) < 4.78 is 34.1. The predicted octanol–water partition coefficient (Wildman–Crippen LogP) is 4.82. The SMILES string of the molecule is CCCC(c1ccc(C)cc1)C(c1ccc(C)cc1)S(=O)(=O)O. The third-order valence-corrected chi connectivity index (χ3v) is 5.44. The second-order valence-corrected chi connectivity index (χ2v) is 7.69. The standard InChI is InChI=1S/C19H24O3S/c1-4-5-18(16-10-6-14(2)7-11-16)19(23(20,21)22)17-12-8-15(3)9-13-17/h6-13,18-19H,4-5H2,1-3H3,(H,20,21,22). The summed E-state index contributed by atoms with van der Waals surface area (Å²) in [6, 6.07) is 15.2. The normalized spacial score (nSPS) is 14.4. The van der Waals surface area contributed by atoms with E-state index in [4.69, 9.17) is 0 Å². The quantitative estimate of drug-likeness (QED) is 0.772. The molecule has 0 spiro atoms. The Labute approximate surface area is 139 Å². The molecule has 0 amide bonds. The van der Waals surface area contributed by atoms with Crippen molar-refractivity contribution >= 4 is 10.1 Å². The lowest BCUT2D eigenvalue weighted by Gasteiger charge is -2.26. The van der Waals surface area contributed by atoms with Gasteiger partial charge in [-0.2, -0.15) is 8.42 Å². The highest BCUT2D eigenvalue weighted by molar-refractivity contribution is 7.86. The van der Waals surface area contributed by atoms with Crippen molar-refractivity contribution in [3.05, 3.63) is 70.8 Å². The van der Waals surface area contributed by atoms with Gasteiger partial charge in [-0.25, -0.2) is 0 Å². The zero-order valence-electron chi connectivity index (χ0n) is 13.9. The molecule has 2 aromatic rings. The van der Waals surface area contributed by atoms with Crippen LogP contribution >= 0.6 is 0 Å². The molecule has 2 aromatic carbocycles. The van der Waals surface area contributed by atoms with E-state index in [-0.39, 0.29) is 5.92 Å². The number of benzene rings is 2. The number of hydrogen-bond donors (Lipinski definition) is 1. The minimum atomic E-state index is -4.21. The van der Waals surface area contributed by atoms with Crippen LogP contribution in [0.3, 0.4) is 0 Å². The highest BCUT2D eigenvalue weighted by atomic mass is 32.2. The van der Waals surface area contributed by atoms with E-state index < -0.39 is 15.4 Å². The van der Waals surface area contributed by atoms with Crippen LogP contribution in [0.15, 0.2) is 48.5 Å². The second kappa shape index (κ2) is 7.28. The first kappa shape index (κ1) is 17.7. The Morgan fingerprint density at radius 1 is 0.870 bits per heavy atom. The van der Waals surface area contributed by atoms with Crippen LogP contribution in [-0.2, 0) is 10.1 Å². The van der Waals surface area contributed by atoms with E-state index in [9.17, 15) is 13.0 Å². The lowest BCUT2D eigenvalue weighted by molar-refractivity contribution is 0.447. The van der Waals surface area contributed by atoms with Gasteiger partial charge in [0.1, 0.15) is 5.25 Å². The molecule has 0 heterocycles. The summed E-state index contributed by atoms with van der Waals surface area (Å²) in [7, 11) is -4.21. The van der Waals surface area contributed by atoms with Crippen LogP contribution in [0.25, 0.3) is 0 Å². The van der Waals surface area contributed by atoms with Crippen LogP contribution in [0.2, 0.25) is 0 Å². The molecule has 0 radical (unpaired) electrons. The minimum absolute atomic E-state index is 0.265. The largest absolute Gasteiger partial charge is 0.285 e. The molecule has 0 saturated heterocycles. The maximum atomic E-state index is 12.1. The average molecular weight is 332 g/mol. The van der Waals surface area contributed by atoms with Gasteiger partial charge in [0, 0.05) is 5.92 Å². The molecule has 4 heteroatoms. The van der Waals surface area contributed by atoms with E-state index >= 15 is 0 Å². The third kappa shape index (κ3) is 4.43. The van der Waals surface area contributed by atoms with Crippen molar-refractivity contribution in [3.63, 3.8) is 0 Å². The smallest absolute Gasteiger partial charge is 0.272 e. The molecule has 124 valence electrons. The van der Waals surface area contributed by atoms with Crippen LogP contribution in [0.1, 0.15) is 53.2 Å². The second-order valence-electron chi connectivity index (χ2n) is 6.15. The molecule has 1 N–H and O–H groups in total. The maximum Gasteiger partial charge on any atom is 0.272 e. The Morgan fingerprint density at radius 3 is 1.70 bits per heavy atom. The summed E-state index contributed by atoms with van der Waals surface area (Å²) in [5.41, 5.74) is 3.77. The Kier molecular flexibility index (Phi) is 5.60. The van der Waals surface area contributed by atoms with Crippen molar-refractivity contribution in [2.24, 2.45) is 0 Å². The lowest BCUT2D eigenvalue weighted by Crippen LogP contribution is -2.20. The Hall–Kier alpha value is -1.65. The lowest BCUT2D eigenvalue weighted by atomic mass is 9.87. The highest BCUT2D eigenvalue weighted by Gasteiger charge is 2.34. The summed E-state index contributed by atoms with van der Waals surface area (Å²) >= 11 is 0. The van der Waals surface area contributed by atoms with Crippen LogP contribution in [0.5, 0.6) is 0 Å². The summed E-state index contributed by atoms with van der Waals surface area (Å²) in [6.45, 7) is 5.98. The van der Waals surface area contributed by atoms with E-state index in [0.29, 0.717) is 12.0 Å². The predicted molar refractivity (Wildman–Crippen MR) is 94.3 cm³/mol. The molecule has 3 nitrogen and oxygen atoms in total. The van der Waals surface area contributed by atoms with Gasteiger partial charge >= 0.3 is 0 Å². The van der Waals surface area contributed by atoms with E-state index in [2.05, 4.69) is 0 Å². The number of hydrogen-bond acceptors (Lipinski definition) is 2. The molecule has 23 heavy (non-hydrogen) atoms. The summed E-state index contributed by atoms with van der Waals surface area (Å²) in [4.78, 5) is 0. The molecule has 0 bridgehead atoms. The van der Waals surface area contributed by atoms with Crippen LogP contribution < -0.4 is 0 Å². The van der Waals surface area contributed by atoms with Gasteiger partial charge in [-0.3, -0.25) is 4.55 Å². The molecular formula is C19H24O3S. The molecule has 2 unspecified atom stereocenters. The summed E-state index contributed by atoms with van der Waals surface area (Å²) in [6.07, 6.45) is 1.54. The van der Waals surface area contributed by atoms with Crippen molar-refractivity contribution in [2.45, 2.75) is 44.8 Å². The molecule has 0 aliphatic rings. The Balaban J connectivity index is 2.53.